The summed E-state index contributed by atoms with van der Waals surface area (Å²) in [6.45, 7) is 2.22. The number of hydrogen-bond acceptors (Lipinski definition) is 5. The van der Waals surface area contributed by atoms with Crippen LogP contribution in [0.2, 0.25) is 5.02 Å². The van der Waals surface area contributed by atoms with Crippen LogP contribution in [0.4, 0.5) is 0 Å². The van der Waals surface area contributed by atoms with E-state index in [9.17, 15) is 4.79 Å². The van der Waals surface area contributed by atoms with Crippen molar-refractivity contribution in [3.63, 3.8) is 0 Å². The molecule has 33 heavy (non-hydrogen) atoms. The lowest BCUT2D eigenvalue weighted by molar-refractivity contribution is 0.244. The molecule has 0 unspecified atom stereocenters. The Morgan fingerprint density at radius 2 is 2.06 bits per heavy atom. The summed E-state index contributed by atoms with van der Waals surface area (Å²) in [7, 11) is 2.07. The first-order valence-corrected chi connectivity index (χ1v) is 11.5. The molecule has 0 bridgehead atoms. The Balaban J connectivity index is 1.44. The number of pyridine rings is 2. The lowest BCUT2D eigenvalue weighted by Crippen LogP contribution is -2.21. The zero-order chi connectivity index (χ0) is 23.2. The molecule has 4 rings (SSSR count). The van der Waals surface area contributed by atoms with Gasteiger partial charge in [-0.15, -0.1) is 0 Å². The van der Waals surface area contributed by atoms with Crippen LogP contribution in [-0.4, -0.2) is 39.8 Å². The van der Waals surface area contributed by atoms with Crippen molar-refractivity contribution in [3.8, 4) is 5.75 Å². The molecule has 0 radical (unpaired) electrons. The Morgan fingerprint density at radius 1 is 1.18 bits per heavy atom. The van der Waals surface area contributed by atoms with Crippen molar-refractivity contribution >= 4 is 23.4 Å². The summed E-state index contributed by atoms with van der Waals surface area (Å²) in [6, 6.07) is 13.4. The molecule has 2 heterocycles. The highest BCUT2D eigenvalue weighted by atomic mass is 35.5. The van der Waals surface area contributed by atoms with E-state index in [0.717, 1.165) is 49.3 Å². The van der Waals surface area contributed by atoms with Crippen molar-refractivity contribution in [1.29, 1.82) is 0 Å². The normalized spacial score (nSPS) is 13.0. The number of rotatable bonds is 9. The number of aliphatic hydroxyl groups excluding tert-OH is 1. The highest BCUT2D eigenvalue weighted by Gasteiger charge is 2.14. The van der Waals surface area contributed by atoms with Gasteiger partial charge in [0.2, 0.25) is 0 Å². The number of ether oxygens (including phenoxy) is 1. The second kappa shape index (κ2) is 10.8. The van der Waals surface area contributed by atoms with Crippen LogP contribution >= 0.6 is 11.6 Å². The second-order valence-corrected chi connectivity index (χ2v) is 8.75. The molecule has 0 aliphatic heterocycles. The third-order valence-electron chi connectivity index (χ3n) is 5.71. The van der Waals surface area contributed by atoms with Gasteiger partial charge in [-0.3, -0.25) is 14.3 Å². The molecule has 0 saturated heterocycles. The number of hydrogen-bond donors (Lipinski definition) is 1. The average Bonchev–Trinajstić information content (AvgIpc) is 2.82. The number of allylic oxidation sites excluding steroid dienone is 1. The summed E-state index contributed by atoms with van der Waals surface area (Å²) in [5, 5.41) is 9.58. The molecule has 0 amide bonds. The molecular formula is C26H28ClN3O3. The molecule has 6 nitrogen and oxygen atoms in total. The summed E-state index contributed by atoms with van der Waals surface area (Å²) in [4.78, 5) is 19.2. The van der Waals surface area contributed by atoms with E-state index in [1.165, 1.54) is 17.2 Å². The molecular weight excluding hydrogens is 438 g/mol. The highest BCUT2D eigenvalue weighted by molar-refractivity contribution is 6.30. The van der Waals surface area contributed by atoms with Gasteiger partial charge in [0.05, 0.1) is 10.7 Å². The molecule has 3 aromatic rings. The van der Waals surface area contributed by atoms with E-state index >= 15 is 0 Å². The van der Waals surface area contributed by atoms with E-state index in [2.05, 4.69) is 41.2 Å². The number of benzene rings is 1. The molecule has 1 aliphatic carbocycles. The van der Waals surface area contributed by atoms with Gasteiger partial charge in [0.15, 0.2) is 0 Å². The first-order valence-electron chi connectivity index (χ1n) is 11.1. The molecule has 1 aliphatic rings. The average molecular weight is 466 g/mol. The molecule has 172 valence electrons. The third kappa shape index (κ3) is 6.11. The topological polar surface area (TPSA) is 67.6 Å². The van der Waals surface area contributed by atoms with Crippen molar-refractivity contribution < 1.29 is 9.84 Å². The third-order valence-corrected chi connectivity index (χ3v) is 5.93. The molecule has 0 atom stereocenters. The van der Waals surface area contributed by atoms with Crippen LogP contribution < -0.4 is 10.3 Å². The molecule has 1 aromatic carbocycles. The van der Waals surface area contributed by atoms with Gasteiger partial charge in [0, 0.05) is 43.9 Å². The predicted molar refractivity (Wildman–Crippen MR) is 131 cm³/mol. The van der Waals surface area contributed by atoms with Gasteiger partial charge in [0.1, 0.15) is 12.4 Å². The summed E-state index contributed by atoms with van der Waals surface area (Å²) in [6.07, 6.45) is 7.91. The summed E-state index contributed by atoms with van der Waals surface area (Å²) < 4.78 is 7.41. The minimum absolute atomic E-state index is 0.117. The van der Waals surface area contributed by atoms with Gasteiger partial charge in [-0.2, -0.15) is 0 Å². The van der Waals surface area contributed by atoms with Crippen LogP contribution in [0.3, 0.4) is 0 Å². The van der Waals surface area contributed by atoms with E-state index in [4.69, 9.17) is 21.4 Å². The minimum atomic E-state index is -0.117. The van der Waals surface area contributed by atoms with E-state index in [-0.39, 0.29) is 18.8 Å². The molecule has 2 aromatic heterocycles. The first kappa shape index (κ1) is 23.2. The molecule has 0 fully saturated rings. The van der Waals surface area contributed by atoms with Crippen molar-refractivity contribution in [2.75, 3.05) is 20.2 Å². The maximum Gasteiger partial charge on any atom is 0.258 e. The Kier molecular flexibility index (Phi) is 7.60. The van der Waals surface area contributed by atoms with Crippen molar-refractivity contribution in [3.05, 3.63) is 92.6 Å². The van der Waals surface area contributed by atoms with E-state index in [1.807, 2.05) is 0 Å². The Morgan fingerprint density at radius 3 is 2.82 bits per heavy atom. The van der Waals surface area contributed by atoms with Crippen LogP contribution in [-0.2, 0) is 19.6 Å². The number of nitrogens with zero attached hydrogens (tertiary/aromatic N) is 3. The van der Waals surface area contributed by atoms with Gasteiger partial charge >= 0.3 is 0 Å². The van der Waals surface area contributed by atoms with Gasteiger partial charge in [-0.05, 0) is 67.3 Å². The van der Waals surface area contributed by atoms with Gasteiger partial charge in [-0.25, -0.2) is 0 Å². The standard InChI is InChI=1S/C26H28ClN3O3/c1-29(10-2-12-31)17-19-3-4-21-14-24(8-5-20(21)13-19)30-11-9-25(15-26(30)32)33-18-23-7-6-22(27)16-28-23/h3-4,6-7,9,11,13-16,31H,2,5,8,10,12,17-18H2,1H3. The second-order valence-electron chi connectivity index (χ2n) is 8.31. The lowest BCUT2D eigenvalue weighted by Gasteiger charge is -2.21. The summed E-state index contributed by atoms with van der Waals surface area (Å²) >= 11 is 5.85. The zero-order valence-electron chi connectivity index (χ0n) is 18.7. The SMILES string of the molecule is CN(CCCO)Cc1ccc2c(c1)CCC(n1ccc(OCc3ccc(Cl)cn3)cc1=O)=C2. The predicted octanol–water partition coefficient (Wildman–Crippen LogP) is 4.23. The number of fused-ring (bicyclic) bond motifs is 1. The van der Waals surface area contributed by atoms with Crippen molar-refractivity contribution in [2.45, 2.75) is 32.4 Å². The van der Waals surface area contributed by atoms with E-state index in [1.54, 1.807) is 35.2 Å². The summed E-state index contributed by atoms with van der Waals surface area (Å²) in [5.74, 6) is 0.514. The first-order chi connectivity index (χ1) is 16.0. The van der Waals surface area contributed by atoms with E-state index in [0.29, 0.717) is 10.8 Å². The van der Waals surface area contributed by atoms with Crippen LogP contribution in [0, 0.1) is 0 Å². The van der Waals surface area contributed by atoms with Gasteiger partial charge < -0.3 is 14.7 Å². The van der Waals surface area contributed by atoms with Crippen LogP contribution in [0.15, 0.2) is 59.7 Å². The maximum absolute atomic E-state index is 12.8. The van der Waals surface area contributed by atoms with Gasteiger partial charge in [0.25, 0.3) is 5.56 Å². The maximum atomic E-state index is 12.8. The Hall–Kier alpha value is -2.93. The minimum Gasteiger partial charge on any atom is -0.487 e. The van der Waals surface area contributed by atoms with Crippen LogP contribution in [0.25, 0.3) is 11.8 Å². The number of aryl methyl sites for hydroxylation is 1. The zero-order valence-corrected chi connectivity index (χ0v) is 19.5. The fourth-order valence-corrected chi connectivity index (χ4v) is 4.10. The Bertz CT molecular complexity index is 1190. The molecule has 7 heteroatoms. The molecule has 1 N–H and O–H groups in total. The van der Waals surface area contributed by atoms with Crippen LogP contribution in [0.1, 0.15) is 35.2 Å². The van der Waals surface area contributed by atoms with Crippen LogP contribution in [0.5, 0.6) is 5.75 Å². The molecule has 0 saturated carbocycles. The number of aliphatic hydroxyl groups is 1. The van der Waals surface area contributed by atoms with Gasteiger partial charge in [-0.1, -0.05) is 29.8 Å². The van der Waals surface area contributed by atoms with Crippen molar-refractivity contribution in [1.82, 2.24) is 14.5 Å². The monoisotopic (exact) mass is 465 g/mol. The number of aromatic nitrogens is 2. The van der Waals surface area contributed by atoms with Crippen molar-refractivity contribution in [2.24, 2.45) is 0 Å². The number of halogens is 1. The quantitative estimate of drug-likeness (QED) is 0.512. The smallest absolute Gasteiger partial charge is 0.258 e. The van der Waals surface area contributed by atoms with E-state index < -0.39 is 0 Å². The lowest BCUT2D eigenvalue weighted by atomic mass is 9.93. The summed E-state index contributed by atoms with van der Waals surface area (Å²) in [5.41, 5.74) is 5.32. The Labute approximate surface area is 198 Å². The molecule has 0 spiro atoms. The largest absolute Gasteiger partial charge is 0.487 e. The fourth-order valence-electron chi connectivity index (χ4n) is 3.99. The highest BCUT2D eigenvalue weighted by Crippen LogP contribution is 2.27. The fraction of sp³-hybridized carbons (Fsp3) is 0.308.